The molecule has 0 bridgehead atoms. The Labute approximate surface area is 112 Å². The normalized spacial score (nSPS) is 10.6. The second kappa shape index (κ2) is 4.92. The number of aromatic carboxylic acids is 1. The molecule has 0 aliphatic carbocycles. The molecule has 0 unspecified atom stereocenters. The number of nitrogens with zero attached hydrogens (tertiary/aromatic N) is 5. The van der Waals surface area contributed by atoms with Crippen LogP contribution in [0.1, 0.15) is 16.4 Å². The molecular formula is C12H9N5O3. The summed E-state index contributed by atoms with van der Waals surface area (Å²) >= 11 is 0. The van der Waals surface area contributed by atoms with Crippen LogP contribution in [0.2, 0.25) is 0 Å². The summed E-state index contributed by atoms with van der Waals surface area (Å²) in [6, 6.07) is 9.39. The van der Waals surface area contributed by atoms with Crippen LogP contribution < -0.4 is 0 Å². The summed E-state index contributed by atoms with van der Waals surface area (Å²) in [5.74, 6) is -0.336. The van der Waals surface area contributed by atoms with Gasteiger partial charge in [0.25, 0.3) is 0 Å². The van der Waals surface area contributed by atoms with Crippen molar-refractivity contribution in [2.45, 2.75) is 6.54 Å². The maximum atomic E-state index is 10.7. The Kier molecular flexibility index (Phi) is 2.96. The fourth-order valence-corrected chi connectivity index (χ4v) is 1.64. The molecule has 0 saturated carbocycles. The van der Waals surface area contributed by atoms with E-state index in [0.29, 0.717) is 11.7 Å². The third-order valence-electron chi connectivity index (χ3n) is 2.56. The van der Waals surface area contributed by atoms with Crippen LogP contribution in [-0.4, -0.2) is 36.2 Å². The Bertz CT molecular complexity index is 734. The first kappa shape index (κ1) is 12.0. The first-order valence-corrected chi connectivity index (χ1v) is 5.74. The van der Waals surface area contributed by atoms with E-state index in [9.17, 15) is 4.79 Å². The minimum absolute atomic E-state index is 0.132. The van der Waals surface area contributed by atoms with E-state index in [1.165, 1.54) is 10.9 Å². The average Bonchev–Trinajstić information content (AvgIpc) is 3.10. The van der Waals surface area contributed by atoms with Crippen LogP contribution >= 0.6 is 0 Å². The van der Waals surface area contributed by atoms with E-state index in [4.69, 9.17) is 9.63 Å². The van der Waals surface area contributed by atoms with Gasteiger partial charge in [-0.15, -0.1) is 5.10 Å². The predicted molar refractivity (Wildman–Crippen MR) is 65.8 cm³/mol. The molecule has 0 radical (unpaired) electrons. The summed E-state index contributed by atoms with van der Waals surface area (Å²) in [6.45, 7) is 0.167. The van der Waals surface area contributed by atoms with E-state index in [1.807, 2.05) is 30.3 Å². The summed E-state index contributed by atoms with van der Waals surface area (Å²) in [5, 5.41) is 19.8. The molecular weight excluding hydrogens is 262 g/mol. The van der Waals surface area contributed by atoms with Crippen LogP contribution in [0.4, 0.5) is 0 Å². The quantitative estimate of drug-likeness (QED) is 0.756. The highest BCUT2D eigenvalue weighted by Gasteiger charge is 2.12. The van der Waals surface area contributed by atoms with E-state index in [0.717, 1.165) is 5.56 Å². The van der Waals surface area contributed by atoms with Gasteiger partial charge in [-0.25, -0.2) is 9.48 Å². The molecule has 2 aromatic heterocycles. The van der Waals surface area contributed by atoms with Gasteiger partial charge in [0, 0.05) is 5.56 Å². The molecule has 0 aliphatic heterocycles. The van der Waals surface area contributed by atoms with E-state index < -0.39 is 5.97 Å². The third-order valence-corrected chi connectivity index (χ3v) is 2.56. The third kappa shape index (κ3) is 2.39. The summed E-state index contributed by atoms with van der Waals surface area (Å²) < 4.78 is 6.42. The summed E-state index contributed by atoms with van der Waals surface area (Å²) in [5.41, 5.74) is 0.708. The van der Waals surface area contributed by atoms with E-state index in [2.05, 4.69) is 20.5 Å². The Morgan fingerprint density at radius 1 is 1.30 bits per heavy atom. The first-order valence-electron chi connectivity index (χ1n) is 5.74. The van der Waals surface area contributed by atoms with Gasteiger partial charge in [0.15, 0.2) is 5.69 Å². The van der Waals surface area contributed by atoms with E-state index in [1.54, 1.807) is 0 Å². The smallest absolute Gasteiger partial charge is 0.358 e. The molecule has 1 N–H and O–H groups in total. The second-order valence-electron chi connectivity index (χ2n) is 3.98. The van der Waals surface area contributed by atoms with Crippen LogP contribution in [0, 0.1) is 0 Å². The standard InChI is InChI=1S/C12H9N5O3/c18-12(19)9-6-17(16-14-9)7-10-13-11(15-20-10)8-4-2-1-3-5-8/h1-6H,7H2,(H,18,19). The fourth-order valence-electron chi connectivity index (χ4n) is 1.64. The number of carboxylic acids is 1. The molecule has 1 aromatic carbocycles. The van der Waals surface area contributed by atoms with Crippen molar-refractivity contribution in [3.8, 4) is 11.4 Å². The lowest BCUT2D eigenvalue weighted by molar-refractivity contribution is 0.0690. The highest BCUT2D eigenvalue weighted by molar-refractivity contribution is 5.84. The van der Waals surface area contributed by atoms with Gasteiger partial charge < -0.3 is 9.63 Å². The molecule has 0 fully saturated rings. The molecule has 0 amide bonds. The van der Waals surface area contributed by atoms with Gasteiger partial charge in [-0.2, -0.15) is 4.98 Å². The van der Waals surface area contributed by atoms with Crippen molar-refractivity contribution in [2.24, 2.45) is 0 Å². The molecule has 3 rings (SSSR count). The largest absolute Gasteiger partial charge is 0.476 e. The number of rotatable bonds is 4. The zero-order chi connectivity index (χ0) is 13.9. The van der Waals surface area contributed by atoms with Crippen LogP contribution in [0.5, 0.6) is 0 Å². The Morgan fingerprint density at radius 2 is 2.10 bits per heavy atom. The Morgan fingerprint density at radius 3 is 2.80 bits per heavy atom. The SMILES string of the molecule is O=C(O)c1cn(Cc2nc(-c3ccccc3)no2)nn1. The highest BCUT2D eigenvalue weighted by atomic mass is 16.5. The molecule has 20 heavy (non-hydrogen) atoms. The number of carbonyl (C=O) groups is 1. The van der Waals surface area contributed by atoms with Crippen molar-refractivity contribution in [3.05, 3.63) is 48.1 Å². The molecule has 3 aromatic rings. The van der Waals surface area contributed by atoms with Gasteiger partial charge in [-0.05, 0) is 0 Å². The van der Waals surface area contributed by atoms with Gasteiger partial charge in [0.1, 0.15) is 6.54 Å². The molecule has 0 aliphatic rings. The molecule has 0 spiro atoms. The van der Waals surface area contributed by atoms with Gasteiger partial charge >= 0.3 is 5.97 Å². The van der Waals surface area contributed by atoms with Crippen molar-refractivity contribution in [2.75, 3.05) is 0 Å². The van der Waals surface area contributed by atoms with E-state index in [-0.39, 0.29) is 12.2 Å². The Hall–Kier alpha value is -3.03. The van der Waals surface area contributed by atoms with Crippen molar-refractivity contribution in [1.29, 1.82) is 0 Å². The van der Waals surface area contributed by atoms with Gasteiger partial charge in [0.2, 0.25) is 11.7 Å². The molecule has 0 saturated heterocycles. The lowest BCUT2D eigenvalue weighted by Crippen LogP contribution is -2.01. The molecule has 8 nitrogen and oxygen atoms in total. The number of hydrogen-bond acceptors (Lipinski definition) is 6. The summed E-state index contributed by atoms with van der Waals surface area (Å²) in [6.07, 6.45) is 1.30. The zero-order valence-electron chi connectivity index (χ0n) is 10.2. The monoisotopic (exact) mass is 271 g/mol. The molecule has 100 valence electrons. The van der Waals surface area contributed by atoms with Crippen LogP contribution in [-0.2, 0) is 6.54 Å². The topological polar surface area (TPSA) is 107 Å². The zero-order valence-corrected chi connectivity index (χ0v) is 10.2. The lowest BCUT2D eigenvalue weighted by Gasteiger charge is -1.92. The minimum atomic E-state index is -1.13. The van der Waals surface area contributed by atoms with Crippen molar-refractivity contribution < 1.29 is 14.4 Å². The van der Waals surface area contributed by atoms with Gasteiger partial charge in [-0.3, -0.25) is 0 Å². The van der Waals surface area contributed by atoms with Crippen LogP contribution in [0.15, 0.2) is 41.1 Å². The first-order chi connectivity index (χ1) is 9.72. The summed E-state index contributed by atoms with van der Waals surface area (Å²) in [7, 11) is 0. The summed E-state index contributed by atoms with van der Waals surface area (Å²) in [4.78, 5) is 14.9. The number of carboxylic acid groups (broad SMARTS) is 1. The highest BCUT2D eigenvalue weighted by Crippen LogP contribution is 2.15. The maximum Gasteiger partial charge on any atom is 0.358 e. The maximum absolute atomic E-state index is 10.7. The van der Waals surface area contributed by atoms with E-state index >= 15 is 0 Å². The predicted octanol–water partition coefficient (Wildman–Crippen LogP) is 1.07. The molecule has 2 heterocycles. The van der Waals surface area contributed by atoms with Crippen LogP contribution in [0.3, 0.4) is 0 Å². The number of aromatic nitrogens is 5. The lowest BCUT2D eigenvalue weighted by atomic mass is 10.2. The fraction of sp³-hybridized carbons (Fsp3) is 0.0833. The van der Waals surface area contributed by atoms with Crippen molar-refractivity contribution >= 4 is 5.97 Å². The number of hydrogen-bond donors (Lipinski definition) is 1. The van der Waals surface area contributed by atoms with Gasteiger partial charge in [0.05, 0.1) is 6.20 Å². The van der Waals surface area contributed by atoms with Crippen molar-refractivity contribution in [3.63, 3.8) is 0 Å². The molecule has 0 atom stereocenters. The second-order valence-corrected chi connectivity index (χ2v) is 3.98. The van der Waals surface area contributed by atoms with Gasteiger partial charge in [-0.1, -0.05) is 40.7 Å². The molecule has 8 heteroatoms. The number of benzene rings is 1. The van der Waals surface area contributed by atoms with Crippen LogP contribution in [0.25, 0.3) is 11.4 Å². The minimum Gasteiger partial charge on any atom is -0.476 e. The Balaban J connectivity index is 1.78. The van der Waals surface area contributed by atoms with Crippen molar-refractivity contribution in [1.82, 2.24) is 25.1 Å². The average molecular weight is 271 g/mol.